The van der Waals surface area contributed by atoms with Gasteiger partial charge in [0.25, 0.3) is 0 Å². The van der Waals surface area contributed by atoms with E-state index in [0.717, 1.165) is 36.7 Å². The van der Waals surface area contributed by atoms with Crippen LogP contribution in [0.4, 0.5) is 0 Å². The van der Waals surface area contributed by atoms with Crippen molar-refractivity contribution in [2.75, 3.05) is 13.1 Å². The molecule has 0 aliphatic carbocycles. The van der Waals surface area contributed by atoms with Gasteiger partial charge in [-0.1, -0.05) is 35.9 Å². The first kappa shape index (κ1) is 12.7. The number of nitrogens with one attached hydrogen (secondary N) is 2. The lowest BCUT2D eigenvalue weighted by atomic mass is 9.91. The Labute approximate surface area is 99.8 Å². The third-order valence-electron chi connectivity index (χ3n) is 2.80. The molecule has 1 aliphatic heterocycles. The topological polar surface area (TPSA) is 41.1 Å². The fourth-order valence-electron chi connectivity index (χ4n) is 2.10. The molecule has 1 amide bonds. The summed E-state index contributed by atoms with van der Waals surface area (Å²) >= 11 is 3.24. The van der Waals surface area contributed by atoms with Crippen LogP contribution in [0.1, 0.15) is 32.6 Å². The second-order valence-electron chi connectivity index (χ2n) is 4.06. The molecule has 0 spiro atoms. The number of carbonyl (C=O) groups excluding carboxylic acids is 1. The highest BCUT2D eigenvalue weighted by Crippen LogP contribution is 2.24. The second kappa shape index (κ2) is 5.66. The molecule has 1 rings (SSSR count). The van der Waals surface area contributed by atoms with Crippen LogP contribution in [0.15, 0.2) is 11.1 Å². The monoisotopic (exact) mass is 274 g/mol. The smallest absolute Gasteiger partial charge is 0.240 e. The van der Waals surface area contributed by atoms with Crippen LogP contribution < -0.4 is 10.6 Å². The SMILES string of the molecule is C=C(Br)CNC(=O)C1(CCC)CCCN1. The number of carbonyl (C=O) groups is 1. The van der Waals surface area contributed by atoms with Crippen molar-refractivity contribution in [2.24, 2.45) is 0 Å². The molecule has 3 nitrogen and oxygen atoms in total. The van der Waals surface area contributed by atoms with E-state index in [9.17, 15) is 4.79 Å². The van der Waals surface area contributed by atoms with E-state index in [1.165, 1.54) is 0 Å². The van der Waals surface area contributed by atoms with Gasteiger partial charge in [0.15, 0.2) is 0 Å². The molecule has 1 fully saturated rings. The Morgan fingerprint density at radius 1 is 1.67 bits per heavy atom. The number of amides is 1. The third kappa shape index (κ3) is 3.31. The molecule has 0 aromatic heterocycles. The zero-order valence-corrected chi connectivity index (χ0v) is 10.8. The number of hydrogen-bond acceptors (Lipinski definition) is 2. The van der Waals surface area contributed by atoms with Crippen LogP contribution in [0.25, 0.3) is 0 Å². The van der Waals surface area contributed by atoms with Crippen molar-refractivity contribution < 1.29 is 4.79 Å². The van der Waals surface area contributed by atoms with Gasteiger partial charge in [-0.15, -0.1) is 0 Å². The Hall–Kier alpha value is -0.350. The van der Waals surface area contributed by atoms with Gasteiger partial charge in [0.2, 0.25) is 5.91 Å². The molecule has 0 aromatic rings. The maximum atomic E-state index is 12.0. The van der Waals surface area contributed by atoms with Gasteiger partial charge in [-0.05, 0) is 25.8 Å². The van der Waals surface area contributed by atoms with Crippen LogP contribution in [0.5, 0.6) is 0 Å². The zero-order valence-electron chi connectivity index (χ0n) is 9.24. The van der Waals surface area contributed by atoms with Crippen LogP contribution in [0.3, 0.4) is 0 Å². The van der Waals surface area contributed by atoms with Crippen LogP contribution in [-0.2, 0) is 4.79 Å². The lowest BCUT2D eigenvalue weighted by Crippen LogP contribution is -2.53. The minimum atomic E-state index is -0.322. The molecule has 1 aliphatic rings. The predicted octanol–water partition coefficient (Wildman–Crippen LogP) is 1.93. The van der Waals surface area contributed by atoms with Gasteiger partial charge in [0, 0.05) is 11.0 Å². The molecule has 1 saturated heterocycles. The number of halogens is 1. The van der Waals surface area contributed by atoms with Crippen molar-refractivity contribution in [3.05, 3.63) is 11.1 Å². The Morgan fingerprint density at radius 2 is 2.40 bits per heavy atom. The van der Waals surface area contributed by atoms with Gasteiger partial charge < -0.3 is 10.6 Å². The maximum absolute atomic E-state index is 12.0. The summed E-state index contributed by atoms with van der Waals surface area (Å²) < 4.78 is 0.806. The quantitative estimate of drug-likeness (QED) is 0.805. The average Bonchev–Trinajstić information content (AvgIpc) is 2.64. The third-order valence-corrected chi connectivity index (χ3v) is 3.08. The summed E-state index contributed by atoms with van der Waals surface area (Å²) in [4.78, 5) is 12.0. The fraction of sp³-hybridized carbons (Fsp3) is 0.727. The van der Waals surface area contributed by atoms with Gasteiger partial charge >= 0.3 is 0 Å². The summed E-state index contributed by atoms with van der Waals surface area (Å²) in [5, 5.41) is 6.24. The largest absolute Gasteiger partial charge is 0.350 e. The van der Waals surface area contributed by atoms with E-state index in [-0.39, 0.29) is 11.4 Å². The van der Waals surface area contributed by atoms with Gasteiger partial charge in [-0.3, -0.25) is 4.79 Å². The van der Waals surface area contributed by atoms with Crippen LogP contribution in [-0.4, -0.2) is 24.5 Å². The van der Waals surface area contributed by atoms with E-state index in [1.807, 2.05) is 0 Å². The Morgan fingerprint density at radius 3 is 2.87 bits per heavy atom. The molecular weight excluding hydrogens is 256 g/mol. The molecule has 1 atom stereocenters. The van der Waals surface area contributed by atoms with Crippen molar-refractivity contribution in [3.63, 3.8) is 0 Å². The summed E-state index contributed by atoms with van der Waals surface area (Å²) in [5.41, 5.74) is -0.322. The van der Waals surface area contributed by atoms with E-state index >= 15 is 0 Å². The molecule has 86 valence electrons. The molecule has 0 aromatic carbocycles. The summed E-state index contributed by atoms with van der Waals surface area (Å²) in [5.74, 6) is 0.113. The zero-order chi connectivity index (χ0) is 11.3. The maximum Gasteiger partial charge on any atom is 0.240 e. The van der Waals surface area contributed by atoms with E-state index in [0.29, 0.717) is 6.54 Å². The van der Waals surface area contributed by atoms with Gasteiger partial charge in [0.1, 0.15) is 0 Å². The van der Waals surface area contributed by atoms with Crippen LogP contribution >= 0.6 is 15.9 Å². The van der Waals surface area contributed by atoms with Crippen LogP contribution in [0, 0.1) is 0 Å². The summed E-state index contributed by atoms with van der Waals surface area (Å²) in [6.45, 7) is 7.27. The van der Waals surface area contributed by atoms with E-state index < -0.39 is 0 Å². The first-order valence-corrected chi connectivity index (χ1v) is 6.26. The molecule has 15 heavy (non-hydrogen) atoms. The predicted molar refractivity (Wildman–Crippen MR) is 66.0 cm³/mol. The Balaban J connectivity index is 2.55. The fourth-order valence-corrected chi connectivity index (χ4v) is 2.24. The molecule has 0 bridgehead atoms. The first-order chi connectivity index (χ1) is 7.10. The van der Waals surface area contributed by atoms with Gasteiger partial charge in [-0.25, -0.2) is 0 Å². The highest BCUT2D eigenvalue weighted by atomic mass is 79.9. The van der Waals surface area contributed by atoms with Crippen molar-refractivity contribution in [3.8, 4) is 0 Å². The first-order valence-electron chi connectivity index (χ1n) is 5.47. The van der Waals surface area contributed by atoms with Crippen molar-refractivity contribution in [1.82, 2.24) is 10.6 Å². The standard InChI is InChI=1S/C11H19BrN2O/c1-3-5-11(6-4-7-14-11)10(15)13-8-9(2)12/h14H,2-8H2,1H3,(H,13,15). The van der Waals surface area contributed by atoms with E-state index in [4.69, 9.17) is 0 Å². The van der Waals surface area contributed by atoms with Crippen molar-refractivity contribution in [1.29, 1.82) is 0 Å². The Kier molecular flexibility index (Phi) is 4.80. The van der Waals surface area contributed by atoms with E-state index in [2.05, 4.69) is 40.1 Å². The Bertz CT molecular complexity index is 247. The number of rotatable bonds is 5. The van der Waals surface area contributed by atoms with Crippen molar-refractivity contribution >= 4 is 21.8 Å². The minimum absolute atomic E-state index is 0.113. The van der Waals surface area contributed by atoms with Gasteiger partial charge in [0.05, 0.1) is 5.54 Å². The molecule has 4 heteroatoms. The molecule has 1 unspecified atom stereocenters. The van der Waals surface area contributed by atoms with Crippen LogP contribution in [0.2, 0.25) is 0 Å². The lowest BCUT2D eigenvalue weighted by molar-refractivity contribution is -0.127. The molecule has 0 radical (unpaired) electrons. The summed E-state index contributed by atoms with van der Waals surface area (Å²) in [7, 11) is 0. The lowest BCUT2D eigenvalue weighted by Gasteiger charge is -2.27. The molecule has 1 heterocycles. The molecular formula is C11H19BrN2O. The molecule has 2 N–H and O–H groups in total. The summed E-state index contributed by atoms with van der Waals surface area (Å²) in [6.07, 6.45) is 3.97. The second-order valence-corrected chi connectivity index (χ2v) is 5.18. The summed E-state index contributed by atoms with van der Waals surface area (Å²) in [6, 6.07) is 0. The average molecular weight is 275 g/mol. The van der Waals surface area contributed by atoms with Crippen molar-refractivity contribution in [2.45, 2.75) is 38.1 Å². The normalized spacial score (nSPS) is 25.2. The van der Waals surface area contributed by atoms with E-state index in [1.54, 1.807) is 0 Å². The molecule has 0 saturated carbocycles. The minimum Gasteiger partial charge on any atom is -0.350 e. The highest BCUT2D eigenvalue weighted by molar-refractivity contribution is 9.11. The number of hydrogen-bond donors (Lipinski definition) is 2. The highest BCUT2D eigenvalue weighted by Gasteiger charge is 2.39. The van der Waals surface area contributed by atoms with Gasteiger partial charge in [-0.2, -0.15) is 0 Å².